The van der Waals surface area contributed by atoms with Crippen LogP contribution in [-0.2, 0) is 0 Å². The van der Waals surface area contributed by atoms with E-state index in [1.54, 1.807) is 0 Å². The second kappa shape index (κ2) is 6.03. The van der Waals surface area contributed by atoms with Gasteiger partial charge in [-0.3, -0.25) is 0 Å². The molecule has 0 saturated heterocycles. The molecule has 3 heteroatoms. The molecule has 3 nitrogen and oxygen atoms in total. The predicted octanol–water partition coefficient (Wildman–Crippen LogP) is 2.28. The zero-order valence-electron chi connectivity index (χ0n) is 11.2. The summed E-state index contributed by atoms with van der Waals surface area (Å²) in [4.78, 5) is 2.18. The fourth-order valence-electron chi connectivity index (χ4n) is 1.82. The number of rotatable bonds is 5. The Labute approximate surface area is 104 Å². The lowest BCUT2D eigenvalue weighted by Crippen LogP contribution is -2.36. The van der Waals surface area contributed by atoms with Crippen molar-refractivity contribution in [3.05, 3.63) is 29.8 Å². The molecule has 17 heavy (non-hydrogen) atoms. The molecule has 0 heterocycles. The molecule has 0 amide bonds. The Bertz CT molecular complexity index is 352. The average Bonchev–Trinajstić information content (AvgIpc) is 2.27. The van der Waals surface area contributed by atoms with Gasteiger partial charge in [-0.25, -0.2) is 0 Å². The van der Waals surface area contributed by atoms with Crippen LogP contribution in [0.4, 0.5) is 5.69 Å². The molecular formula is C14H24N2O. The van der Waals surface area contributed by atoms with E-state index in [0.717, 1.165) is 5.56 Å². The van der Waals surface area contributed by atoms with Crippen molar-refractivity contribution in [3.63, 3.8) is 0 Å². The van der Waals surface area contributed by atoms with Crippen molar-refractivity contribution in [1.82, 2.24) is 4.90 Å². The van der Waals surface area contributed by atoms with Crippen LogP contribution in [0.2, 0.25) is 0 Å². The molecule has 0 aliphatic heterocycles. The molecule has 1 rings (SSSR count). The molecule has 96 valence electrons. The van der Waals surface area contributed by atoms with E-state index in [0.29, 0.717) is 24.2 Å². The zero-order chi connectivity index (χ0) is 13.0. The SMILES string of the molecule is CC(C)C(C)N(C)CC(O)c1cccc(N)c1. The highest BCUT2D eigenvalue weighted by Gasteiger charge is 2.17. The largest absolute Gasteiger partial charge is 0.399 e. The molecule has 1 aromatic carbocycles. The van der Waals surface area contributed by atoms with Crippen LogP contribution < -0.4 is 5.73 Å². The van der Waals surface area contributed by atoms with Gasteiger partial charge in [0.05, 0.1) is 6.10 Å². The van der Waals surface area contributed by atoms with E-state index in [-0.39, 0.29) is 0 Å². The maximum absolute atomic E-state index is 10.1. The molecule has 1 aromatic rings. The maximum atomic E-state index is 10.1. The van der Waals surface area contributed by atoms with Crippen LogP contribution in [0.15, 0.2) is 24.3 Å². The van der Waals surface area contributed by atoms with Crippen LogP contribution in [-0.4, -0.2) is 29.6 Å². The molecule has 0 spiro atoms. The first-order valence-corrected chi connectivity index (χ1v) is 6.15. The van der Waals surface area contributed by atoms with E-state index in [1.807, 2.05) is 31.3 Å². The van der Waals surface area contributed by atoms with Gasteiger partial charge in [-0.05, 0) is 37.6 Å². The fraction of sp³-hybridized carbons (Fsp3) is 0.571. The van der Waals surface area contributed by atoms with Crippen molar-refractivity contribution < 1.29 is 5.11 Å². The smallest absolute Gasteiger partial charge is 0.0917 e. The van der Waals surface area contributed by atoms with E-state index in [4.69, 9.17) is 5.73 Å². The van der Waals surface area contributed by atoms with Crippen molar-refractivity contribution >= 4 is 5.69 Å². The van der Waals surface area contributed by atoms with Crippen LogP contribution in [0, 0.1) is 5.92 Å². The van der Waals surface area contributed by atoms with Gasteiger partial charge in [-0.15, -0.1) is 0 Å². The van der Waals surface area contributed by atoms with Crippen LogP contribution in [0.5, 0.6) is 0 Å². The quantitative estimate of drug-likeness (QED) is 0.771. The second-order valence-corrected chi connectivity index (χ2v) is 5.11. The van der Waals surface area contributed by atoms with E-state index in [2.05, 4.69) is 25.7 Å². The van der Waals surface area contributed by atoms with Gasteiger partial charge in [0.25, 0.3) is 0 Å². The molecule has 0 radical (unpaired) electrons. The van der Waals surface area contributed by atoms with Gasteiger partial charge < -0.3 is 15.7 Å². The topological polar surface area (TPSA) is 49.5 Å². The summed E-state index contributed by atoms with van der Waals surface area (Å²) >= 11 is 0. The third kappa shape index (κ3) is 4.02. The first-order chi connectivity index (χ1) is 7.91. The molecule has 0 aromatic heterocycles. The summed E-state index contributed by atoms with van der Waals surface area (Å²) in [5, 5.41) is 10.1. The number of nitrogens with two attached hydrogens (primary N) is 1. The molecule has 2 unspecified atom stereocenters. The number of hydrogen-bond acceptors (Lipinski definition) is 3. The third-order valence-electron chi connectivity index (χ3n) is 3.42. The molecular weight excluding hydrogens is 212 g/mol. The van der Waals surface area contributed by atoms with Gasteiger partial charge >= 0.3 is 0 Å². The number of hydrogen-bond donors (Lipinski definition) is 2. The van der Waals surface area contributed by atoms with Gasteiger partial charge in [-0.1, -0.05) is 26.0 Å². The summed E-state index contributed by atoms with van der Waals surface area (Å²) in [5.74, 6) is 0.577. The van der Waals surface area contributed by atoms with Gasteiger partial charge in [-0.2, -0.15) is 0 Å². The minimum absolute atomic E-state index is 0.450. The van der Waals surface area contributed by atoms with Gasteiger partial charge in [0.2, 0.25) is 0 Å². The Balaban J connectivity index is 2.63. The van der Waals surface area contributed by atoms with E-state index in [1.165, 1.54) is 0 Å². The van der Waals surface area contributed by atoms with Gasteiger partial charge in [0, 0.05) is 18.3 Å². The number of likely N-dealkylation sites (N-methyl/N-ethyl adjacent to an activating group) is 1. The third-order valence-corrected chi connectivity index (χ3v) is 3.42. The summed E-state index contributed by atoms with van der Waals surface area (Å²) < 4.78 is 0. The standard InChI is InChI=1S/C14H24N2O/c1-10(2)11(3)16(4)9-14(17)12-6-5-7-13(15)8-12/h5-8,10-11,14,17H,9,15H2,1-4H3. The van der Waals surface area contributed by atoms with Crippen LogP contribution in [0.25, 0.3) is 0 Å². The fourth-order valence-corrected chi connectivity index (χ4v) is 1.82. The molecule has 0 aliphatic carbocycles. The van der Waals surface area contributed by atoms with Crippen molar-refractivity contribution in [2.45, 2.75) is 32.9 Å². The summed E-state index contributed by atoms with van der Waals surface area (Å²) in [6.45, 7) is 7.18. The van der Waals surface area contributed by atoms with E-state index < -0.39 is 6.10 Å². The highest BCUT2D eigenvalue weighted by molar-refractivity contribution is 5.41. The molecule has 3 N–H and O–H groups in total. The Kier molecular flexibility index (Phi) is 4.97. The number of nitrogen functional groups attached to an aromatic ring is 1. The number of aliphatic hydroxyl groups excluding tert-OH is 1. The normalized spacial score (nSPS) is 15.2. The highest BCUT2D eigenvalue weighted by atomic mass is 16.3. The van der Waals surface area contributed by atoms with Gasteiger partial charge in [0.1, 0.15) is 0 Å². The minimum atomic E-state index is -0.482. The van der Waals surface area contributed by atoms with Crippen LogP contribution >= 0.6 is 0 Å². The molecule has 2 atom stereocenters. The lowest BCUT2D eigenvalue weighted by molar-refractivity contribution is 0.0955. The molecule has 0 fully saturated rings. The Morgan fingerprint density at radius 1 is 1.29 bits per heavy atom. The van der Waals surface area contributed by atoms with E-state index >= 15 is 0 Å². The number of nitrogens with zero attached hydrogens (tertiary/aromatic N) is 1. The minimum Gasteiger partial charge on any atom is -0.399 e. The van der Waals surface area contributed by atoms with Crippen molar-refractivity contribution in [1.29, 1.82) is 0 Å². The monoisotopic (exact) mass is 236 g/mol. The number of benzene rings is 1. The Hall–Kier alpha value is -1.06. The number of anilines is 1. The average molecular weight is 236 g/mol. The zero-order valence-corrected chi connectivity index (χ0v) is 11.2. The lowest BCUT2D eigenvalue weighted by Gasteiger charge is -2.29. The highest BCUT2D eigenvalue weighted by Crippen LogP contribution is 2.18. The maximum Gasteiger partial charge on any atom is 0.0917 e. The number of aliphatic hydroxyl groups is 1. The first kappa shape index (κ1) is 14.0. The lowest BCUT2D eigenvalue weighted by atomic mass is 10.0. The van der Waals surface area contributed by atoms with Crippen molar-refractivity contribution in [2.24, 2.45) is 5.92 Å². The summed E-state index contributed by atoms with van der Waals surface area (Å²) in [6, 6.07) is 7.90. The first-order valence-electron chi connectivity index (χ1n) is 6.15. The van der Waals surface area contributed by atoms with Crippen molar-refractivity contribution in [3.8, 4) is 0 Å². The van der Waals surface area contributed by atoms with E-state index in [9.17, 15) is 5.11 Å². The molecule has 0 bridgehead atoms. The molecule has 0 saturated carbocycles. The Morgan fingerprint density at radius 3 is 2.47 bits per heavy atom. The predicted molar refractivity (Wildman–Crippen MR) is 72.7 cm³/mol. The van der Waals surface area contributed by atoms with Crippen molar-refractivity contribution in [2.75, 3.05) is 19.3 Å². The van der Waals surface area contributed by atoms with Crippen LogP contribution in [0.3, 0.4) is 0 Å². The van der Waals surface area contributed by atoms with Gasteiger partial charge in [0.15, 0.2) is 0 Å². The van der Waals surface area contributed by atoms with Crippen LogP contribution in [0.1, 0.15) is 32.4 Å². The molecule has 0 aliphatic rings. The Morgan fingerprint density at radius 2 is 1.94 bits per heavy atom. The summed E-state index contributed by atoms with van der Waals surface area (Å²) in [6.07, 6.45) is -0.482. The summed E-state index contributed by atoms with van der Waals surface area (Å²) in [5.41, 5.74) is 7.29. The summed E-state index contributed by atoms with van der Waals surface area (Å²) in [7, 11) is 2.04. The second-order valence-electron chi connectivity index (χ2n) is 5.11.